The minimum Gasteiger partial charge on any atom is -0.497 e. The molecule has 4 heteroatoms. The van der Waals surface area contributed by atoms with Crippen LogP contribution >= 0.6 is 0 Å². The summed E-state index contributed by atoms with van der Waals surface area (Å²) in [6.45, 7) is 1.18. The third-order valence-electron chi connectivity index (χ3n) is 3.14. The summed E-state index contributed by atoms with van der Waals surface area (Å²) in [6.07, 6.45) is 2.92. The number of piperidine rings is 1. The van der Waals surface area contributed by atoms with Gasteiger partial charge in [0.1, 0.15) is 5.75 Å². The fraction of sp³-hybridized carbons (Fsp3) is 0.357. The van der Waals surface area contributed by atoms with Gasteiger partial charge in [0.05, 0.1) is 7.11 Å². The third kappa shape index (κ3) is 3.03. The smallest absolute Gasteiger partial charge is 0.407 e. The van der Waals surface area contributed by atoms with Gasteiger partial charge in [0.25, 0.3) is 0 Å². The topological polar surface area (TPSA) is 49.8 Å². The van der Waals surface area contributed by atoms with E-state index in [1.165, 1.54) is 10.5 Å². The molecule has 1 aliphatic heterocycles. The minimum absolute atomic E-state index is 0.588. The highest BCUT2D eigenvalue weighted by Crippen LogP contribution is 2.21. The SMILES string of the molecule is COc1cccc(C=C2CCN(C(=O)O)CC2)c1. The van der Waals surface area contributed by atoms with Crippen molar-refractivity contribution in [3.8, 4) is 5.75 Å². The molecule has 0 aromatic heterocycles. The lowest BCUT2D eigenvalue weighted by atomic mass is 10.0. The molecule has 96 valence electrons. The van der Waals surface area contributed by atoms with Crippen LogP contribution < -0.4 is 4.74 Å². The Bertz CT molecular complexity index is 458. The van der Waals surface area contributed by atoms with Crippen LogP contribution in [0.1, 0.15) is 18.4 Å². The zero-order valence-electron chi connectivity index (χ0n) is 10.4. The third-order valence-corrected chi connectivity index (χ3v) is 3.14. The highest BCUT2D eigenvalue weighted by atomic mass is 16.5. The first-order valence-corrected chi connectivity index (χ1v) is 6.00. The van der Waals surface area contributed by atoms with Gasteiger partial charge < -0.3 is 14.7 Å². The number of nitrogens with zero attached hydrogens (tertiary/aromatic N) is 1. The Morgan fingerprint density at radius 1 is 1.39 bits per heavy atom. The van der Waals surface area contributed by atoms with Gasteiger partial charge in [0.2, 0.25) is 0 Å². The molecular weight excluding hydrogens is 230 g/mol. The van der Waals surface area contributed by atoms with Crippen LogP contribution in [0.4, 0.5) is 4.79 Å². The molecule has 0 spiro atoms. The van der Waals surface area contributed by atoms with Crippen LogP contribution in [0.2, 0.25) is 0 Å². The molecule has 2 rings (SSSR count). The van der Waals surface area contributed by atoms with Gasteiger partial charge >= 0.3 is 6.09 Å². The Morgan fingerprint density at radius 3 is 2.72 bits per heavy atom. The monoisotopic (exact) mass is 247 g/mol. The van der Waals surface area contributed by atoms with E-state index in [-0.39, 0.29) is 0 Å². The van der Waals surface area contributed by atoms with Crippen LogP contribution in [-0.2, 0) is 0 Å². The van der Waals surface area contributed by atoms with E-state index in [0.717, 1.165) is 24.2 Å². The van der Waals surface area contributed by atoms with Crippen molar-refractivity contribution in [3.63, 3.8) is 0 Å². The van der Waals surface area contributed by atoms with Gasteiger partial charge in [-0.3, -0.25) is 0 Å². The number of benzene rings is 1. The zero-order valence-corrected chi connectivity index (χ0v) is 10.4. The summed E-state index contributed by atoms with van der Waals surface area (Å²) in [4.78, 5) is 12.3. The summed E-state index contributed by atoms with van der Waals surface area (Å²) in [5.74, 6) is 0.840. The molecule has 4 nitrogen and oxygen atoms in total. The minimum atomic E-state index is -0.824. The van der Waals surface area contributed by atoms with Crippen molar-refractivity contribution in [2.75, 3.05) is 20.2 Å². The largest absolute Gasteiger partial charge is 0.497 e. The molecule has 1 aliphatic rings. The summed E-state index contributed by atoms with van der Waals surface area (Å²) >= 11 is 0. The summed E-state index contributed by atoms with van der Waals surface area (Å²) in [7, 11) is 1.65. The Kier molecular flexibility index (Phi) is 3.87. The second-order valence-electron chi connectivity index (χ2n) is 4.35. The number of hydrogen-bond donors (Lipinski definition) is 1. The second kappa shape index (κ2) is 5.58. The first-order valence-electron chi connectivity index (χ1n) is 6.00. The van der Waals surface area contributed by atoms with Crippen LogP contribution in [0.5, 0.6) is 5.75 Å². The highest BCUT2D eigenvalue weighted by Gasteiger charge is 2.17. The number of rotatable bonds is 2. The van der Waals surface area contributed by atoms with Crippen molar-refractivity contribution in [2.45, 2.75) is 12.8 Å². The summed E-state index contributed by atoms with van der Waals surface area (Å²) in [5, 5.41) is 8.87. The lowest BCUT2D eigenvalue weighted by Crippen LogP contribution is -2.35. The van der Waals surface area contributed by atoms with Crippen LogP contribution in [0.25, 0.3) is 6.08 Å². The molecule has 1 saturated heterocycles. The number of carbonyl (C=O) groups is 1. The van der Waals surface area contributed by atoms with E-state index in [9.17, 15) is 4.79 Å². The van der Waals surface area contributed by atoms with Gasteiger partial charge in [0, 0.05) is 13.1 Å². The number of carboxylic acid groups (broad SMARTS) is 1. The standard InChI is InChI=1S/C14H17NO3/c1-18-13-4-2-3-12(10-13)9-11-5-7-15(8-6-11)14(16)17/h2-4,9-10H,5-8H2,1H3,(H,16,17). The van der Waals surface area contributed by atoms with E-state index in [1.807, 2.05) is 24.3 Å². The fourth-order valence-electron chi connectivity index (χ4n) is 2.10. The maximum absolute atomic E-state index is 10.8. The predicted molar refractivity (Wildman–Crippen MR) is 69.8 cm³/mol. The number of hydrogen-bond acceptors (Lipinski definition) is 2. The Balaban J connectivity index is 2.04. The van der Waals surface area contributed by atoms with E-state index in [4.69, 9.17) is 9.84 Å². The van der Waals surface area contributed by atoms with Crippen LogP contribution in [0.15, 0.2) is 29.8 Å². The summed E-state index contributed by atoms with van der Waals surface area (Å²) in [5.41, 5.74) is 2.40. The molecule has 0 atom stereocenters. The first kappa shape index (κ1) is 12.5. The Hall–Kier alpha value is -1.97. The van der Waals surface area contributed by atoms with Crippen molar-refractivity contribution in [1.29, 1.82) is 0 Å². The molecule has 0 unspecified atom stereocenters. The fourth-order valence-corrected chi connectivity index (χ4v) is 2.10. The van der Waals surface area contributed by atoms with Gasteiger partial charge in [-0.1, -0.05) is 23.8 Å². The molecule has 1 aromatic carbocycles. The van der Waals surface area contributed by atoms with Crippen LogP contribution in [0.3, 0.4) is 0 Å². The molecule has 0 aliphatic carbocycles. The lowest BCUT2D eigenvalue weighted by Gasteiger charge is -2.25. The van der Waals surface area contributed by atoms with Gasteiger partial charge in [-0.05, 0) is 30.5 Å². The average molecular weight is 247 g/mol. The molecular formula is C14H17NO3. The highest BCUT2D eigenvalue weighted by molar-refractivity contribution is 5.65. The van der Waals surface area contributed by atoms with E-state index < -0.39 is 6.09 Å². The van der Waals surface area contributed by atoms with Gasteiger partial charge in [-0.15, -0.1) is 0 Å². The summed E-state index contributed by atoms with van der Waals surface area (Å²) in [6, 6.07) is 7.88. The average Bonchev–Trinajstić information content (AvgIpc) is 2.39. The molecule has 1 fully saturated rings. The molecule has 0 radical (unpaired) electrons. The van der Waals surface area contributed by atoms with Gasteiger partial charge in [-0.25, -0.2) is 4.79 Å². The summed E-state index contributed by atoms with van der Waals surface area (Å²) < 4.78 is 5.18. The molecule has 1 aromatic rings. The maximum Gasteiger partial charge on any atom is 0.407 e. The van der Waals surface area contributed by atoms with Crippen molar-refractivity contribution in [1.82, 2.24) is 4.90 Å². The van der Waals surface area contributed by atoms with E-state index in [2.05, 4.69) is 6.08 Å². The van der Waals surface area contributed by atoms with Crippen molar-refractivity contribution < 1.29 is 14.6 Å². The van der Waals surface area contributed by atoms with E-state index >= 15 is 0 Å². The predicted octanol–water partition coefficient (Wildman–Crippen LogP) is 2.85. The van der Waals surface area contributed by atoms with E-state index in [1.54, 1.807) is 7.11 Å². The first-order chi connectivity index (χ1) is 8.69. The molecule has 1 amide bonds. The zero-order chi connectivity index (χ0) is 13.0. The van der Waals surface area contributed by atoms with Crippen LogP contribution in [-0.4, -0.2) is 36.3 Å². The number of methoxy groups -OCH3 is 1. The number of amides is 1. The quantitative estimate of drug-likeness (QED) is 0.874. The van der Waals surface area contributed by atoms with Crippen molar-refractivity contribution in [2.24, 2.45) is 0 Å². The van der Waals surface area contributed by atoms with Crippen molar-refractivity contribution in [3.05, 3.63) is 35.4 Å². The molecule has 1 heterocycles. The second-order valence-corrected chi connectivity index (χ2v) is 4.35. The Labute approximate surface area is 106 Å². The molecule has 0 saturated carbocycles. The number of ether oxygens (including phenoxy) is 1. The molecule has 1 N–H and O–H groups in total. The number of likely N-dealkylation sites (tertiary alicyclic amines) is 1. The van der Waals surface area contributed by atoms with Gasteiger partial charge in [-0.2, -0.15) is 0 Å². The molecule has 0 bridgehead atoms. The maximum atomic E-state index is 10.8. The van der Waals surface area contributed by atoms with Crippen molar-refractivity contribution >= 4 is 12.2 Å². The molecule has 18 heavy (non-hydrogen) atoms. The Morgan fingerprint density at radius 2 is 2.11 bits per heavy atom. The van der Waals surface area contributed by atoms with Gasteiger partial charge in [0.15, 0.2) is 0 Å². The lowest BCUT2D eigenvalue weighted by molar-refractivity contribution is 0.142. The van der Waals surface area contributed by atoms with E-state index in [0.29, 0.717) is 13.1 Å². The normalized spacial score (nSPS) is 15.4. The van der Waals surface area contributed by atoms with Crippen LogP contribution in [0, 0.1) is 0 Å².